The Hall–Kier alpha value is -0.610. The molecule has 2 aliphatic carbocycles. The first-order valence-electron chi connectivity index (χ1n) is 6.85. The highest BCUT2D eigenvalue weighted by molar-refractivity contribution is 5.82. The maximum atomic E-state index is 12.4. The van der Waals surface area contributed by atoms with Gasteiger partial charge >= 0.3 is 0 Å². The van der Waals surface area contributed by atoms with Gasteiger partial charge < -0.3 is 15.3 Å². The molecule has 17 heavy (non-hydrogen) atoms. The van der Waals surface area contributed by atoms with Gasteiger partial charge in [-0.15, -0.1) is 0 Å². The van der Waals surface area contributed by atoms with E-state index in [-0.39, 0.29) is 17.9 Å². The first-order chi connectivity index (χ1) is 8.20. The normalized spacial score (nSPS) is 44.2. The Morgan fingerprint density at radius 2 is 1.88 bits per heavy atom. The number of nitrogens with zero attached hydrogens (tertiary/aromatic N) is 1. The standard InChI is InChI=1S/C13H22N2O2/c1-15(10-6-14-7-11(10)16)13(17)12-8-4-2-3-5-9(8)12/h8-12,14,16H,2-7H2,1H3/t8?,9?,10-,11-,12?/m0/s1. The van der Waals surface area contributed by atoms with Crippen molar-refractivity contribution in [2.75, 3.05) is 20.1 Å². The van der Waals surface area contributed by atoms with E-state index in [1.807, 2.05) is 7.05 Å². The number of fused-ring (bicyclic) bond motifs is 1. The first-order valence-corrected chi connectivity index (χ1v) is 6.85. The van der Waals surface area contributed by atoms with Crippen LogP contribution in [0.3, 0.4) is 0 Å². The molecule has 96 valence electrons. The second-order valence-electron chi connectivity index (χ2n) is 5.88. The van der Waals surface area contributed by atoms with E-state index in [0.717, 1.165) is 6.54 Å². The minimum Gasteiger partial charge on any atom is -0.390 e. The Labute approximate surface area is 102 Å². The molecule has 1 amide bonds. The van der Waals surface area contributed by atoms with Gasteiger partial charge in [0.1, 0.15) is 0 Å². The van der Waals surface area contributed by atoms with Gasteiger partial charge in [-0.05, 0) is 24.7 Å². The lowest BCUT2D eigenvalue weighted by Gasteiger charge is -2.26. The average Bonchev–Trinajstić information content (AvgIpc) is 2.92. The van der Waals surface area contributed by atoms with Crippen molar-refractivity contribution in [3.8, 4) is 0 Å². The minimum absolute atomic E-state index is 0.0230. The fourth-order valence-electron chi connectivity index (χ4n) is 3.80. The molecule has 2 N–H and O–H groups in total. The van der Waals surface area contributed by atoms with Crippen LogP contribution in [0.4, 0.5) is 0 Å². The van der Waals surface area contributed by atoms with Crippen molar-refractivity contribution in [2.45, 2.75) is 37.8 Å². The van der Waals surface area contributed by atoms with Crippen molar-refractivity contribution in [1.82, 2.24) is 10.2 Å². The highest BCUT2D eigenvalue weighted by Gasteiger charge is 2.56. The molecule has 1 aliphatic heterocycles. The summed E-state index contributed by atoms with van der Waals surface area (Å²) in [7, 11) is 1.85. The number of amides is 1. The van der Waals surface area contributed by atoms with Crippen molar-refractivity contribution in [1.29, 1.82) is 0 Å². The van der Waals surface area contributed by atoms with E-state index in [4.69, 9.17) is 0 Å². The van der Waals surface area contributed by atoms with Crippen molar-refractivity contribution in [2.24, 2.45) is 17.8 Å². The van der Waals surface area contributed by atoms with E-state index in [1.54, 1.807) is 4.90 Å². The zero-order chi connectivity index (χ0) is 12.0. The number of nitrogens with one attached hydrogen (secondary N) is 1. The highest BCUT2D eigenvalue weighted by atomic mass is 16.3. The summed E-state index contributed by atoms with van der Waals surface area (Å²) in [6, 6.07) is -0.0230. The van der Waals surface area contributed by atoms with Crippen LogP contribution in [0.2, 0.25) is 0 Å². The third-order valence-corrected chi connectivity index (χ3v) is 4.94. The summed E-state index contributed by atoms with van der Waals surface area (Å²) >= 11 is 0. The van der Waals surface area contributed by atoms with Crippen molar-refractivity contribution in [3.05, 3.63) is 0 Å². The summed E-state index contributed by atoms with van der Waals surface area (Å²) in [6.45, 7) is 1.34. The van der Waals surface area contributed by atoms with Crippen LogP contribution in [0.25, 0.3) is 0 Å². The predicted molar refractivity (Wildman–Crippen MR) is 64.4 cm³/mol. The van der Waals surface area contributed by atoms with E-state index in [0.29, 0.717) is 18.4 Å². The van der Waals surface area contributed by atoms with Crippen molar-refractivity contribution in [3.63, 3.8) is 0 Å². The van der Waals surface area contributed by atoms with E-state index in [9.17, 15) is 9.90 Å². The molecule has 0 aromatic carbocycles. The molecule has 0 radical (unpaired) electrons. The lowest BCUT2D eigenvalue weighted by molar-refractivity contribution is -0.135. The predicted octanol–water partition coefficient (Wildman–Crippen LogP) is 0.214. The van der Waals surface area contributed by atoms with Crippen LogP contribution in [0, 0.1) is 17.8 Å². The molecule has 4 heteroatoms. The summed E-state index contributed by atoms with van der Waals surface area (Å²) in [6.07, 6.45) is 4.66. The maximum absolute atomic E-state index is 12.4. The van der Waals surface area contributed by atoms with Gasteiger partial charge in [0.05, 0.1) is 12.1 Å². The molecule has 4 nitrogen and oxygen atoms in total. The second kappa shape index (κ2) is 4.25. The van der Waals surface area contributed by atoms with Gasteiger partial charge in [-0.3, -0.25) is 4.79 Å². The molecule has 1 heterocycles. The Balaban J connectivity index is 1.62. The Bertz CT molecular complexity index is 309. The van der Waals surface area contributed by atoms with Crippen molar-refractivity contribution < 1.29 is 9.90 Å². The van der Waals surface area contributed by atoms with Crippen LogP contribution < -0.4 is 5.32 Å². The lowest BCUT2D eigenvalue weighted by atomic mass is 10.0. The van der Waals surface area contributed by atoms with Gasteiger partial charge in [0.25, 0.3) is 0 Å². The lowest BCUT2D eigenvalue weighted by Crippen LogP contribution is -2.45. The van der Waals surface area contributed by atoms with Gasteiger partial charge in [0, 0.05) is 26.1 Å². The van der Waals surface area contributed by atoms with Gasteiger partial charge in [-0.1, -0.05) is 12.8 Å². The summed E-state index contributed by atoms with van der Waals surface area (Å²) < 4.78 is 0. The number of rotatable bonds is 2. The monoisotopic (exact) mass is 238 g/mol. The molecule has 3 rings (SSSR count). The van der Waals surface area contributed by atoms with Crippen molar-refractivity contribution >= 4 is 5.91 Å². The number of hydrogen-bond acceptors (Lipinski definition) is 3. The molecule has 2 unspecified atom stereocenters. The molecule has 2 saturated carbocycles. The molecule has 4 atom stereocenters. The van der Waals surface area contributed by atoms with Crippen LogP contribution in [0.1, 0.15) is 25.7 Å². The number of aliphatic hydroxyl groups excluding tert-OH is 1. The molecule has 0 bridgehead atoms. The summed E-state index contributed by atoms with van der Waals surface area (Å²) in [5.41, 5.74) is 0. The maximum Gasteiger partial charge on any atom is 0.226 e. The zero-order valence-corrected chi connectivity index (χ0v) is 10.4. The average molecular weight is 238 g/mol. The number of likely N-dealkylation sites (N-methyl/N-ethyl adjacent to an activating group) is 1. The third-order valence-electron chi connectivity index (χ3n) is 4.94. The second-order valence-corrected chi connectivity index (χ2v) is 5.88. The minimum atomic E-state index is -0.398. The number of hydrogen-bond donors (Lipinski definition) is 2. The van der Waals surface area contributed by atoms with Crippen LogP contribution in [-0.2, 0) is 4.79 Å². The van der Waals surface area contributed by atoms with Crippen LogP contribution in [0.5, 0.6) is 0 Å². The smallest absolute Gasteiger partial charge is 0.226 e. The molecular weight excluding hydrogens is 216 g/mol. The van der Waals surface area contributed by atoms with E-state index >= 15 is 0 Å². The first kappa shape index (κ1) is 11.5. The Morgan fingerprint density at radius 1 is 1.24 bits per heavy atom. The number of β-amino-alcohol motifs (C(OH)–C–C–N with tert-alkyl or cyclic N) is 1. The summed E-state index contributed by atoms with van der Waals surface area (Å²) in [5, 5.41) is 12.9. The Morgan fingerprint density at radius 3 is 2.41 bits per heavy atom. The van der Waals surface area contributed by atoms with E-state index in [1.165, 1.54) is 25.7 Å². The molecule has 3 aliphatic rings. The quantitative estimate of drug-likeness (QED) is 0.723. The number of aliphatic hydroxyl groups is 1. The number of carbonyl (C=O) groups is 1. The van der Waals surface area contributed by atoms with Gasteiger partial charge in [-0.25, -0.2) is 0 Å². The van der Waals surface area contributed by atoms with E-state index < -0.39 is 6.10 Å². The molecule has 0 aromatic rings. The topological polar surface area (TPSA) is 52.6 Å². The SMILES string of the molecule is CN(C(=O)C1C2CCCCC21)[C@H]1CNC[C@@H]1O. The van der Waals surface area contributed by atoms with E-state index in [2.05, 4.69) is 5.32 Å². The fourth-order valence-corrected chi connectivity index (χ4v) is 3.80. The highest BCUT2D eigenvalue weighted by Crippen LogP contribution is 2.56. The third kappa shape index (κ3) is 1.87. The fraction of sp³-hybridized carbons (Fsp3) is 0.923. The van der Waals surface area contributed by atoms with Crippen LogP contribution in [-0.4, -0.2) is 48.2 Å². The van der Waals surface area contributed by atoms with Crippen LogP contribution >= 0.6 is 0 Å². The van der Waals surface area contributed by atoms with Gasteiger partial charge in [0.15, 0.2) is 0 Å². The zero-order valence-electron chi connectivity index (χ0n) is 10.4. The molecule has 0 spiro atoms. The molecular formula is C13H22N2O2. The summed E-state index contributed by atoms with van der Waals surface area (Å²) in [5.74, 6) is 1.86. The largest absolute Gasteiger partial charge is 0.390 e. The molecule has 1 saturated heterocycles. The number of carbonyl (C=O) groups excluding carboxylic acids is 1. The Kier molecular flexibility index (Phi) is 2.87. The molecule has 3 fully saturated rings. The molecule has 0 aromatic heterocycles. The van der Waals surface area contributed by atoms with Gasteiger partial charge in [-0.2, -0.15) is 0 Å². The van der Waals surface area contributed by atoms with Crippen LogP contribution in [0.15, 0.2) is 0 Å². The summed E-state index contributed by atoms with van der Waals surface area (Å²) in [4.78, 5) is 14.2. The van der Waals surface area contributed by atoms with Gasteiger partial charge in [0.2, 0.25) is 5.91 Å².